The summed E-state index contributed by atoms with van der Waals surface area (Å²) >= 11 is 0. The molecule has 47 heavy (non-hydrogen) atoms. The van der Waals surface area contributed by atoms with Crippen molar-refractivity contribution in [3.8, 4) is 0 Å². The first-order valence-electron chi connectivity index (χ1n) is 18.9. The molecule has 0 unspecified atom stereocenters. The Balaban J connectivity index is 1.13. The molecule has 4 aliphatic carbocycles. The predicted molar refractivity (Wildman–Crippen MR) is 171 cm³/mol. The Morgan fingerprint density at radius 2 is 1.28 bits per heavy atom. The molecule has 4 bridgehead atoms. The van der Waals surface area contributed by atoms with Crippen LogP contribution in [-0.2, 0) is 38.6 Å². The lowest BCUT2D eigenvalue weighted by Crippen LogP contribution is -2.71. The van der Waals surface area contributed by atoms with Crippen LogP contribution >= 0.6 is 0 Å². The second-order valence-corrected chi connectivity index (χ2v) is 17.4. The highest BCUT2D eigenvalue weighted by molar-refractivity contribution is 5.89. The Kier molecular flexibility index (Phi) is 8.13. The van der Waals surface area contributed by atoms with Crippen molar-refractivity contribution in [3.63, 3.8) is 0 Å². The standard InChI is InChI=1S/C37H57NO9/c1-8-40-33(39)43-38-28(32-23(5)27-12-10-21(3)25-14-16-35(7)19-31(42-32)37(25,27)47-45-35)17-29-22(4)26-11-9-20(2)24-13-15-34(6)18-30(41-29)36(24,26)46-44-34/h20-27,29-32H,8-19H2,1-7H3/b38-28-/t20-,21-,22-,23-,24+,25+,26+,27+,29-,30-,31-,32+,34+,35+,36-,37-/m1/s1. The first-order valence-corrected chi connectivity index (χ1v) is 18.9. The fraction of sp³-hybridized carbons (Fsp3) is 0.946. The molecular formula is C37H57NO9. The molecule has 0 radical (unpaired) electrons. The molecule has 16 atom stereocenters. The van der Waals surface area contributed by atoms with Crippen LogP contribution in [-0.4, -0.2) is 65.3 Å². The molecule has 6 heterocycles. The summed E-state index contributed by atoms with van der Waals surface area (Å²) in [6.45, 7) is 15.6. The Hall–Kier alpha value is -1.30. The van der Waals surface area contributed by atoms with Crippen molar-refractivity contribution < 1.29 is 43.4 Å². The molecular weight excluding hydrogens is 602 g/mol. The molecule has 10 fully saturated rings. The smallest absolute Gasteiger partial charge is 0.433 e. The number of oxime groups is 1. The van der Waals surface area contributed by atoms with E-state index in [1.54, 1.807) is 6.92 Å². The maximum Gasteiger partial charge on any atom is 0.535 e. The van der Waals surface area contributed by atoms with Crippen LogP contribution in [0, 0.1) is 47.3 Å². The van der Waals surface area contributed by atoms with Gasteiger partial charge < -0.3 is 14.2 Å². The van der Waals surface area contributed by atoms with Crippen molar-refractivity contribution >= 4 is 11.9 Å². The van der Waals surface area contributed by atoms with Crippen molar-refractivity contribution in [1.29, 1.82) is 0 Å². The van der Waals surface area contributed by atoms with Crippen LogP contribution < -0.4 is 0 Å². The first kappa shape index (κ1) is 32.9. The first-order chi connectivity index (χ1) is 22.4. The van der Waals surface area contributed by atoms with Gasteiger partial charge in [0.2, 0.25) is 0 Å². The number of hydrogen-bond donors (Lipinski definition) is 0. The Morgan fingerprint density at radius 1 is 0.723 bits per heavy atom. The van der Waals surface area contributed by atoms with E-state index in [-0.39, 0.29) is 60.0 Å². The van der Waals surface area contributed by atoms with E-state index in [2.05, 4.69) is 46.7 Å². The molecule has 10 heteroatoms. The van der Waals surface area contributed by atoms with E-state index in [4.69, 9.17) is 38.6 Å². The highest BCUT2D eigenvalue weighted by atomic mass is 17.2. The SMILES string of the molecule is CCOC(=O)O/N=C(/C[C@H]1O[C@@H]2C[C@]3(C)CC[C@H]4[C@H](C)CC[C@@H]([C@H]1C)[C@@]24OO3)[C@H]1O[C@@H]2C[C@]3(C)CC[C@H]4[C@H](C)CC[C@@H]([C@H]1C)[C@@]24OO3. The van der Waals surface area contributed by atoms with Crippen LogP contribution in [0.25, 0.3) is 0 Å². The lowest BCUT2D eigenvalue weighted by atomic mass is 9.55. The minimum atomic E-state index is -0.797. The van der Waals surface area contributed by atoms with Crippen LogP contribution in [0.1, 0.15) is 119 Å². The number of carbonyl (C=O) groups is 1. The summed E-state index contributed by atoms with van der Waals surface area (Å²) in [5.41, 5.74) is -0.922. The third-order valence-corrected chi connectivity index (χ3v) is 14.8. The molecule has 0 aromatic rings. The van der Waals surface area contributed by atoms with E-state index in [0.29, 0.717) is 36.0 Å². The van der Waals surface area contributed by atoms with Gasteiger partial charge in [-0.1, -0.05) is 32.9 Å². The monoisotopic (exact) mass is 659 g/mol. The van der Waals surface area contributed by atoms with Gasteiger partial charge in [-0.15, -0.1) is 0 Å². The maximum absolute atomic E-state index is 12.5. The predicted octanol–water partition coefficient (Wildman–Crippen LogP) is 7.32. The lowest BCUT2D eigenvalue weighted by Gasteiger charge is -2.62. The molecule has 4 saturated carbocycles. The number of nitrogens with zero attached hydrogens (tertiary/aromatic N) is 1. The summed E-state index contributed by atoms with van der Waals surface area (Å²) < 4.78 is 19.5. The van der Waals surface area contributed by atoms with Gasteiger partial charge in [0.25, 0.3) is 0 Å². The molecule has 6 aliphatic heterocycles. The van der Waals surface area contributed by atoms with Crippen LogP contribution in [0.3, 0.4) is 0 Å². The normalized spacial score (nSPS) is 54.9. The third kappa shape index (κ3) is 4.92. The van der Waals surface area contributed by atoms with Gasteiger partial charge in [0, 0.05) is 19.3 Å². The summed E-state index contributed by atoms with van der Waals surface area (Å²) in [7, 11) is 0. The van der Waals surface area contributed by atoms with Crippen molar-refractivity contribution in [2.75, 3.05) is 6.61 Å². The van der Waals surface area contributed by atoms with Gasteiger partial charge in [-0.2, -0.15) is 0 Å². The van der Waals surface area contributed by atoms with Crippen molar-refractivity contribution in [2.24, 2.45) is 52.5 Å². The zero-order chi connectivity index (χ0) is 32.9. The van der Waals surface area contributed by atoms with Crippen LogP contribution in [0.2, 0.25) is 0 Å². The minimum Gasteiger partial charge on any atom is -0.433 e. The van der Waals surface area contributed by atoms with Crippen LogP contribution in [0.5, 0.6) is 0 Å². The fourth-order valence-electron chi connectivity index (χ4n) is 12.3. The molecule has 0 amide bonds. The van der Waals surface area contributed by atoms with E-state index in [0.717, 1.165) is 63.5 Å². The van der Waals surface area contributed by atoms with E-state index in [1.165, 1.54) is 6.42 Å². The Morgan fingerprint density at radius 3 is 1.85 bits per heavy atom. The van der Waals surface area contributed by atoms with Gasteiger partial charge in [0.15, 0.2) is 0 Å². The number of ether oxygens (including phenoxy) is 3. The molecule has 10 rings (SSSR count). The van der Waals surface area contributed by atoms with Crippen molar-refractivity contribution in [1.82, 2.24) is 0 Å². The van der Waals surface area contributed by atoms with E-state index >= 15 is 0 Å². The second kappa shape index (κ2) is 11.6. The molecule has 10 aliphatic rings. The van der Waals surface area contributed by atoms with Crippen molar-refractivity contribution in [3.05, 3.63) is 0 Å². The fourth-order valence-corrected chi connectivity index (χ4v) is 12.3. The summed E-state index contributed by atoms with van der Waals surface area (Å²) in [6, 6.07) is 0. The Bertz CT molecular complexity index is 1260. The zero-order valence-corrected chi connectivity index (χ0v) is 29.5. The molecule has 0 aromatic heterocycles. The number of carbonyl (C=O) groups excluding carboxylic acids is 1. The molecule has 6 saturated heterocycles. The summed E-state index contributed by atoms with van der Waals surface area (Å²) in [5, 5.41) is 4.59. The summed E-state index contributed by atoms with van der Waals surface area (Å²) in [4.78, 5) is 43.6. The van der Waals surface area contributed by atoms with Gasteiger partial charge >= 0.3 is 6.16 Å². The lowest BCUT2D eigenvalue weighted by molar-refractivity contribution is -0.487. The molecule has 0 aromatic carbocycles. The van der Waals surface area contributed by atoms with Gasteiger partial charge in [-0.05, 0) is 119 Å². The average molecular weight is 660 g/mol. The number of rotatable bonds is 5. The van der Waals surface area contributed by atoms with E-state index < -0.39 is 17.4 Å². The van der Waals surface area contributed by atoms with Crippen LogP contribution in [0.15, 0.2) is 5.16 Å². The van der Waals surface area contributed by atoms with Gasteiger partial charge in [-0.25, -0.2) is 24.3 Å². The second-order valence-electron chi connectivity index (χ2n) is 17.4. The zero-order valence-electron chi connectivity index (χ0n) is 29.5. The highest BCUT2D eigenvalue weighted by Crippen LogP contribution is 2.63. The van der Waals surface area contributed by atoms with Gasteiger partial charge in [0.05, 0.1) is 30.6 Å². The topological polar surface area (TPSA) is 103 Å². The minimum absolute atomic E-state index is 0.0634. The van der Waals surface area contributed by atoms with E-state index in [1.807, 2.05) is 0 Å². The quantitative estimate of drug-likeness (QED) is 0.0987. The summed E-state index contributed by atoms with van der Waals surface area (Å²) in [6.07, 6.45) is 9.24. The molecule has 10 nitrogen and oxygen atoms in total. The number of fused-ring (bicyclic) bond motifs is 4. The van der Waals surface area contributed by atoms with E-state index in [9.17, 15) is 4.79 Å². The maximum atomic E-state index is 12.5. The molecule has 264 valence electrons. The third-order valence-electron chi connectivity index (χ3n) is 14.8. The molecule has 2 spiro atoms. The number of hydrogen-bond acceptors (Lipinski definition) is 10. The molecule has 0 N–H and O–H groups in total. The van der Waals surface area contributed by atoms with Crippen LogP contribution in [0.4, 0.5) is 4.79 Å². The average Bonchev–Trinajstić information content (AvgIpc) is 3.41. The Labute approximate surface area is 280 Å². The van der Waals surface area contributed by atoms with Gasteiger partial charge in [0.1, 0.15) is 28.5 Å². The van der Waals surface area contributed by atoms with Crippen molar-refractivity contribution in [2.45, 2.75) is 166 Å². The van der Waals surface area contributed by atoms with Gasteiger partial charge in [-0.3, -0.25) is 4.84 Å². The largest absolute Gasteiger partial charge is 0.535 e. The summed E-state index contributed by atoms with van der Waals surface area (Å²) in [5.74, 6) is 2.70. The highest BCUT2D eigenvalue weighted by Gasteiger charge is 2.70.